The molecule has 7 heteroatoms. The smallest absolute Gasteiger partial charge is 0.262 e. The van der Waals surface area contributed by atoms with Crippen LogP contribution >= 0.6 is 0 Å². The highest BCUT2D eigenvalue weighted by molar-refractivity contribution is 6.04. The number of hydrogen-bond acceptors (Lipinski definition) is 4. The first-order valence-electron chi connectivity index (χ1n) is 9.86. The summed E-state index contributed by atoms with van der Waals surface area (Å²) in [4.78, 5) is 38.5. The molecule has 0 bridgehead atoms. The predicted octanol–water partition coefficient (Wildman–Crippen LogP) is 2.50. The number of ether oxygens (including phenoxy) is 1. The van der Waals surface area contributed by atoms with Gasteiger partial charge in [0.15, 0.2) is 6.61 Å². The van der Waals surface area contributed by atoms with Gasteiger partial charge in [-0.05, 0) is 60.7 Å². The minimum atomic E-state index is -0.419. The summed E-state index contributed by atoms with van der Waals surface area (Å²) in [5.41, 5.74) is 4.63. The lowest BCUT2D eigenvalue weighted by Gasteiger charge is -2.19. The highest BCUT2D eigenvalue weighted by Crippen LogP contribution is 2.33. The molecule has 1 aliphatic carbocycles. The summed E-state index contributed by atoms with van der Waals surface area (Å²) in [6.07, 6.45) is 3.49. The molecule has 2 aromatic carbocycles. The van der Waals surface area contributed by atoms with E-state index in [2.05, 4.69) is 22.8 Å². The standard InChI is InChI=1S/C22H21N3O4/c26-20-12-29-19-7-5-16(10-18(19)24-20)23-22(28)15-9-21(27)25(11-15)17-6-4-13-2-1-3-14(13)8-17/h4-8,10,15H,1-3,9,11-12H2,(H,23,28)(H,24,26)/t15-/m1/s1. The van der Waals surface area contributed by atoms with Gasteiger partial charge >= 0.3 is 0 Å². The summed E-state index contributed by atoms with van der Waals surface area (Å²) in [5, 5.41) is 5.58. The van der Waals surface area contributed by atoms with Crippen molar-refractivity contribution in [3.8, 4) is 5.75 Å². The van der Waals surface area contributed by atoms with Crippen LogP contribution in [0, 0.1) is 5.92 Å². The van der Waals surface area contributed by atoms with E-state index in [9.17, 15) is 14.4 Å². The Labute approximate surface area is 168 Å². The first kappa shape index (κ1) is 17.7. The minimum absolute atomic E-state index is 0.0125. The second-order valence-electron chi connectivity index (χ2n) is 7.75. The van der Waals surface area contributed by atoms with Crippen LogP contribution in [0.25, 0.3) is 0 Å². The molecule has 0 unspecified atom stereocenters. The highest BCUT2D eigenvalue weighted by Gasteiger charge is 2.35. The molecule has 148 valence electrons. The first-order valence-corrected chi connectivity index (χ1v) is 9.86. The monoisotopic (exact) mass is 391 g/mol. The molecule has 7 nitrogen and oxygen atoms in total. The molecule has 29 heavy (non-hydrogen) atoms. The van der Waals surface area contributed by atoms with Crippen molar-refractivity contribution in [2.24, 2.45) is 5.92 Å². The number of fused-ring (bicyclic) bond motifs is 2. The average Bonchev–Trinajstić information content (AvgIpc) is 3.33. The summed E-state index contributed by atoms with van der Waals surface area (Å²) in [6, 6.07) is 11.3. The van der Waals surface area contributed by atoms with Crippen molar-refractivity contribution in [1.82, 2.24) is 0 Å². The maximum Gasteiger partial charge on any atom is 0.262 e. The number of aryl methyl sites for hydroxylation is 2. The molecule has 0 spiro atoms. The number of carbonyl (C=O) groups is 3. The van der Waals surface area contributed by atoms with E-state index in [1.165, 1.54) is 11.1 Å². The highest BCUT2D eigenvalue weighted by atomic mass is 16.5. The molecule has 2 N–H and O–H groups in total. The molecule has 2 aromatic rings. The number of benzene rings is 2. The van der Waals surface area contributed by atoms with Crippen molar-refractivity contribution in [2.45, 2.75) is 25.7 Å². The average molecular weight is 391 g/mol. The van der Waals surface area contributed by atoms with Crippen molar-refractivity contribution in [1.29, 1.82) is 0 Å². The summed E-state index contributed by atoms with van der Waals surface area (Å²) in [7, 11) is 0. The third-order valence-corrected chi connectivity index (χ3v) is 5.77. The Morgan fingerprint density at radius 1 is 1.10 bits per heavy atom. The molecular weight excluding hydrogens is 370 g/mol. The zero-order valence-corrected chi connectivity index (χ0v) is 15.9. The van der Waals surface area contributed by atoms with E-state index in [1.807, 2.05) is 6.07 Å². The van der Waals surface area contributed by atoms with Gasteiger partial charge in [-0.25, -0.2) is 0 Å². The Bertz CT molecular complexity index is 1030. The van der Waals surface area contributed by atoms with Gasteiger partial charge in [-0.3, -0.25) is 14.4 Å². The quantitative estimate of drug-likeness (QED) is 0.842. The number of nitrogens with zero attached hydrogens (tertiary/aromatic N) is 1. The van der Waals surface area contributed by atoms with Gasteiger partial charge in [0, 0.05) is 24.3 Å². The fraction of sp³-hybridized carbons (Fsp3) is 0.318. The Hall–Kier alpha value is -3.35. The topological polar surface area (TPSA) is 87.7 Å². The number of hydrogen-bond donors (Lipinski definition) is 2. The molecule has 0 aromatic heterocycles. The van der Waals surface area contributed by atoms with Crippen LogP contribution in [0.4, 0.5) is 17.1 Å². The third kappa shape index (κ3) is 3.33. The second kappa shape index (κ2) is 6.92. The summed E-state index contributed by atoms with van der Waals surface area (Å²) >= 11 is 0. The van der Waals surface area contributed by atoms with Crippen LogP contribution in [-0.4, -0.2) is 30.9 Å². The molecule has 0 radical (unpaired) electrons. The maximum atomic E-state index is 12.7. The normalized spacial score (nSPS) is 20.0. The van der Waals surface area contributed by atoms with Crippen LogP contribution < -0.4 is 20.3 Å². The lowest BCUT2D eigenvalue weighted by Crippen LogP contribution is -2.28. The number of rotatable bonds is 3. The third-order valence-electron chi connectivity index (χ3n) is 5.77. The largest absolute Gasteiger partial charge is 0.482 e. The summed E-state index contributed by atoms with van der Waals surface area (Å²) in [5.74, 6) is -0.314. The molecule has 1 fully saturated rings. The van der Waals surface area contributed by atoms with Crippen LogP contribution in [-0.2, 0) is 27.2 Å². The maximum absolute atomic E-state index is 12.7. The Kier molecular flexibility index (Phi) is 4.23. The van der Waals surface area contributed by atoms with Crippen molar-refractivity contribution in [3.05, 3.63) is 47.5 Å². The Balaban J connectivity index is 1.28. The van der Waals surface area contributed by atoms with Gasteiger partial charge in [-0.1, -0.05) is 6.07 Å². The molecule has 2 heterocycles. The van der Waals surface area contributed by atoms with Crippen molar-refractivity contribution in [2.75, 3.05) is 28.7 Å². The van der Waals surface area contributed by atoms with E-state index in [1.54, 1.807) is 23.1 Å². The number of nitrogens with one attached hydrogen (secondary N) is 2. The van der Waals surface area contributed by atoms with Crippen LogP contribution in [0.3, 0.4) is 0 Å². The lowest BCUT2D eigenvalue weighted by molar-refractivity contribution is -0.122. The van der Waals surface area contributed by atoms with Crippen LogP contribution in [0.2, 0.25) is 0 Å². The van der Waals surface area contributed by atoms with E-state index in [0.29, 0.717) is 23.7 Å². The first-order chi connectivity index (χ1) is 14.1. The van der Waals surface area contributed by atoms with Gasteiger partial charge < -0.3 is 20.3 Å². The van der Waals surface area contributed by atoms with Gasteiger partial charge in [0.1, 0.15) is 5.75 Å². The van der Waals surface area contributed by atoms with Gasteiger partial charge in [0.25, 0.3) is 5.91 Å². The molecule has 0 saturated carbocycles. The number of amides is 3. The second-order valence-corrected chi connectivity index (χ2v) is 7.75. The lowest BCUT2D eigenvalue weighted by atomic mass is 10.1. The summed E-state index contributed by atoms with van der Waals surface area (Å²) < 4.78 is 5.33. The van der Waals surface area contributed by atoms with E-state index in [0.717, 1.165) is 24.9 Å². The van der Waals surface area contributed by atoms with E-state index < -0.39 is 5.92 Å². The van der Waals surface area contributed by atoms with Gasteiger partial charge in [-0.15, -0.1) is 0 Å². The SMILES string of the molecule is O=C1COc2ccc(NC(=O)[C@@H]3CC(=O)N(c4ccc5c(c4)CCC5)C3)cc2N1. The molecule has 5 rings (SSSR count). The van der Waals surface area contributed by atoms with Gasteiger partial charge in [0.05, 0.1) is 11.6 Å². The summed E-state index contributed by atoms with van der Waals surface area (Å²) in [6.45, 7) is 0.357. The van der Waals surface area contributed by atoms with Crippen LogP contribution in [0.5, 0.6) is 5.75 Å². The molecule has 1 atom stereocenters. The fourth-order valence-electron chi connectivity index (χ4n) is 4.26. The van der Waals surface area contributed by atoms with Crippen LogP contribution in [0.1, 0.15) is 24.0 Å². The zero-order chi connectivity index (χ0) is 20.0. The predicted molar refractivity (Wildman–Crippen MR) is 108 cm³/mol. The molecular formula is C22H21N3O4. The van der Waals surface area contributed by atoms with Gasteiger partial charge in [0.2, 0.25) is 11.8 Å². The Morgan fingerprint density at radius 2 is 1.97 bits per heavy atom. The van der Waals surface area contributed by atoms with E-state index in [-0.39, 0.29) is 30.7 Å². The van der Waals surface area contributed by atoms with E-state index in [4.69, 9.17) is 4.74 Å². The zero-order valence-electron chi connectivity index (χ0n) is 15.9. The van der Waals surface area contributed by atoms with Crippen molar-refractivity contribution >= 4 is 34.8 Å². The number of carbonyl (C=O) groups excluding carboxylic acids is 3. The van der Waals surface area contributed by atoms with Gasteiger partial charge in [-0.2, -0.15) is 0 Å². The molecule has 1 saturated heterocycles. The van der Waals surface area contributed by atoms with Crippen molar-refractivity contribution in [3.63, 3.8) is 0 Å². The van der Waals surface area contributed by atoms with Crippen molar-refractivity contribution < 1.29 is 19.1 Å². The Morgan fingerprint density at radius 3 is 2.86 bits per heavy atom. The number of anilines is 3. The van der Waals surface area contributed by atoms with Crippen LogP contribution in [0.15, 0.2) is 36.4 Å². The molecule has 2 aliphatic heterocycles. The fourth-order valence-corrected chi connectivity index (χ4v) is 4.26. The molecule has 3 amide bonds. The van der Waals surface area contributed by atoms with E-state index >= 15 is 0 Å². The molecule has 3 aliphatic rings. The minimum Gasteiger partial charge on any atom is -0.482 e.